The first-order chi connectivity index (χ1) is 9.53. The first kappa shape index (κ1) is 16.0. The number of halogens is 1. The van der Waals surface area contributed by atoms with Crippen LogP contribution < -0.4 is 15.2 Å². The van der Waals surface area contributed by atoms with E-state index < -0.39 is 5.91 Å². The molecule has 0 radical (unpaired) electrons. The minimum absolute atomic E-state index is 0.122. The van der Waals surface area contributed by atoms with Crippen molar-refractivity contribution in [3.8, 4) is 17.6 Å². The van der Waals surface area contributed by atoms with Crippen molar-refractivity contribution in [2.45, 2.75) is 0 Å². The molecule has 0 fully saturated rings. The van der Waals surface area contributed by atoms with E-state index in [1.807, 2.05) is 0 Å². The number of rotatable bonds is 6. The van der Waals surface area contributed by atoms with E-state index >= 15 is 0 Å². The maximum Gasteiger partial charge on any atom is 0.259 e. The fourth-order valence-corrected chi connectivity index (χ4v) is 1.84. The number of aliphatic hydroxyl groups is 1. The van der Waals surface area contributed by atoms with E-state index in [4.69, 9.17) is 25.6 Å². The number of nitrogens with zero attached hydrogens (tertiary/aromatic N) is 1. The van der Waals surface area contributed by atoms with Crippen molar-refractivity contribution in [2.75, 3.05) is 20.3 Å². The van der Waals surface area contributed by atoms with Gasteiger partial charge in [-0.3, -0.25) is 4.79 Å². The first-order valence-corrected chi connectivity index (χ1v) is 6.35. The van der Waals surface area contributed by atoms with Crippen LogP contribution in [0.3, 0.4) is 0 Å². The van der Waals surface area contributed by atoms with E-state index in [0.717, 1.165) is 0 Å². The van der Waals surface area contributed by atoms with Crippen LogP contribution in [0.25, 0.3) is 6.08 Å². The van der Waals surface area contributed by atoms with Gasteiger partial charge in [-0.15, -0.1) is 0 Å². The third-order valence-corrected chi connectivity index (χ3v) is 3.00. The summed E-state index contributed by atoms with van der Waals surface area (Å²) in [6.07, 6.45) is 1.35. The number of ether oxygens (including phenoxy) is 2. The van der Waals surface area contributed by atoms with Crippen molar-refractivity contribution in [3.63, 3.8) is 0 Å². The molecule has 1 aromatic rings. The summed E-state index contributed by atoms with van der Waals surface area (Å²) in [4.78, 5) is 11.0. The summed E-state index contributed by atoms with van der Waals surface area (Å²) in [7, 11) is 1.46. The summed E-state index contributed by atoms with van der Waals surface area (Å²) in [6, 6.07) is 4.94. The van der Waals surface area contributed by atoms with Crippen LogP contribution in [0, 0.1) is 11.3 Å². The molecule has 0 aromatic heterocycles. The predicted octanol–water partition coefficient (Wildman–Crippen LogP) is 1.22. The van der Waals surface area contributed by atoms with Crippen molar-refractivity contribution >= 4 is 27.9 Å². The van der Waals surface area contributed by atoms with Gasteiger partial charge >= 0.3 is 0 Å². The molecule has 0 aliphatic heterocycles. The Kier molecular flexibility index (Phi) is 6.03. The summed E-state index contributed by atoms with van der Waals surface area (Å²) in [5.41, 5.74) is 5.46. The van der Waals surface area contributed by atoms with Crippen LogP contribution in [0.4, 0.5) is 0 Å². The second-order valence-electron chi connectivity index (χ2n) is 3.63. The molecular formula is C13H13BrN2O4. The number of hydrogen-bond acceptors (Lipinski definition) is 5. The van der Waals surface area contributed by atoms with E-state index in [1.165, 1.54) is 13.2 Å². The number of nitrogens with two attached hydrogens (primary N) is 1. The zero-order chi connectivity index (χ0) is 15.1. The number of primary amides is 1. The van der Waals surface area contributed by atoms with E-state index in [1.54, 1.807) is 18.2 Å². The van der Waals surface area contributed by atoms with Crippen LogP contribution in [0.5, 0.6) is 11.5 Å². The van der Waals surface area contributed by atoms with Crippen molar-refractivity contribution in [3.05, 3.63) is 27.7 Å². The number of methoxy groups -OCH3 is 1. The smallest absolute Gasteiger partial charge is 0.259 e. The topological polar surface area (TPSA) is 106 Å². The van der Waals surface area contributed by atoms with E-state index in [2.05, 4.69) is 15.9 Å². The molecule has 0 aliphatic carbocycles. The third-order valence-electron chi connectivity index (χ3n) is 2.32. The molecule has 0 aliphatic rings. The maximum atomic E-state index is 11.0. The van der Waals surface area contributed by atoms with Crippen LogP contribution in [0.15, 0.2) is 22.2 Å². The van der Waals surface area contributed by atoms with Gasteiger partial charge in [0.2, 0.25) is 0 Å². The molecule has 0 unspecified atom stereocenters. The number of carbonyl (C=O) groups is 1. The van der Waals surface area contributed by atoms with Crippen molar-refractivity contribution < 1.29 is 19.4 Å². The number of aliphatic hydroxyl groups excluding tert-OH is 1. The molecule has 0 atom stereocenters. The zero-order valence-corrected chi connectivity index (χ0v) is 12.3. The van der Waals surface area contributed by atoms with E-state index in [9.17, 15) is 4.79 Å². The average molecular weight is 341 g/mol. The second kappa shape index (κ2) is 7.53. The molecule has 106 valence electrons. The van der Waals surface area contributed by atoms with E-state index in [-0.39, 0.29) is 18.8 Å². The van der Waals surface area contributed by atoms with Crippen molar-refractivity contribution in [2.24, 2.45) is 5.73 Å². The Labute approximate surface area is 124 Å². The second-order valence-corrected chi connectivity index (χ2v) is 4.49. The van der Waals surface area contributed by atoms with Gasteiger partial charge in [-0.2, -0.15) is 5.26 Å². The highest BCUT2D eigenvalue weighted by Gasteiger charge is 2.11. The summed E-state index contributed by atoms with van der Waals surface area (Å²) >= 11 is 3.31. The Morgan fingerprint density at radius 3 is 2.75 bits per heavy atom. The summed E-state index contributed by atoms with van der Waals surface area (Å²) in [5.74, 6) is 0.0387. The molecule has 0 spiro atoms. The molecule has 0 saturated heterocycles. The molecule has 1 rings (SSSR count). The average Bonchev–Trinajstić information content (AvgIpc) is 2.43. The molecule has 1 amide bonds. The summed E-state index contributed by atoms with van der Waals surface area (Å²) in [6.45, 7) is 0.00536. The maximum absolute atomic E-state index is 11.0. The van der Waals surface area contributed by atoms with Crippen LogP contribution in [0.2, 0.25) is 0 Å². The lowest BCUT2D eigenvalue weighted by Crippen LogP contribution is -2.12. The minimum Gasteiger partial charge on any atom is -0.493 e. The number of amides is 1. The summed E-state index contributed by atoms with van der Waals surface area (Å²) in [5, 5.41) is 17.6. The van der Waals surface area contributed by atoms with E-state index in [0.29, 0.717) is 21.5 Å². The van der Waals surface area contributed by atoms with Gasteiger partial charge in [0.05, 0.1) is 13.7 Å². The fourth-order valence-electron chi connectivity index (χ4n) is 1.40. The van der Waals surface area contributed by atoms with Crippen molar-refractivity contribution in [1.82, 2.24) is 0 Å². The van der Waals surface area contributed by atoms with Gasteiger partial charge in [-0.25, -0.2) is 0 Å². The molecule has 3 N–H and O–H groups in total. The van der Waals surface area contributed by atoms with Crippen LogP contribution >= 0.6 is 15.9 Å². The Morgan fingerprint density at radius 1 is 1.55 bits per heavy atom. The van der Waals surface area contributed by atoms with Crippen molar-refractivity contribution in [1.29, 1.82) is 5.26 Å². The van der Waals surface area contributed by atoms with Gasteiger partial charge < -0.3 is 20.3 Å². The molecule has 0 heterocycles. The highest BCUT2D eigenvalue weighted by atomic mass is 79.9. The molecule has 0 saturated carbocycles. The van der Waals surface area contributed by atoms with Gasteiger partial charge in [0, 0.05) is 4.47 Å². The lowest BCUT2D eigenvalue weighted by atomic mass is 10.1. The lowest BCUT2D eigenvalue weighted by Gasteiger charge is -2.12. The van der Waals surface area contributed by atoms with Crippen LogP contribution in [-0.2, 0) is 4.79 Å². The largest absolute Gasteiger partial charge is 0.493 e. The number of hydrogen-bond donors (Lipinski definition) is 2. The van der Waals surface area contributed by atoms with Gasteiger partial charge in [0.1, 0.15) is 18.2 Å². The molecular weight excluding hydrogens is 328 g/mol. The summed E-state index contributed by atoms with van der Waals surface area (Å²) < 4.78 is 11.1. The Hall–Kier alpha value is -2.04. The zero-order valence-electron chi connectivity index (χ0n) is 10.7. The Bertz CT molecular complexity index is 578. The number of carbonyl (C=O) groups excluding carboxylic acids is 1. The highest BCUT2D eigenvalue weighted by molar-refractivity contribution is 9.10. The monoisotopic (exact) mass is 340 g/mol. The van der Waals surface area contributed by atoms with Gasteiger partial charge in [0.15, 0.2) is 11.5 Å². The molecule has 6 nitrogen and oxygen atoms in total. The fraction of sp³-hybridized carbons (Fsp3) is 0.231. The molecule has 0 bridgehead atoms. The van der Waals surface area contributed by atoms with Gasteiger partial charge in [0.25, 0.3) is 5.91 Å². The normalized spacial score (nSPS) is 10.8. The SMILES string of the molecule is COc1cc(/C=C(/C#N)C(N)=O)c(Br)cc1OCCO. The third kappa shape index (κ3) is 3.98. The standard InChI is InChI=1S/C13H13BrN2O4/c1-19-11-5-8(4-9(7-15)13(16)18)10(14)6-12(11)20-3-2-17/h4-6,17H,2-3H2,1H3,(H2,16,18)/b9-4-. The lowest BCUT2D eigenvalue weighted by molar-refractivity contribution is -0.114. The Balaban J connectivity index is 3.24. The highest BCUT2D eigenvalue weighted by Crippen LogP contribution is 2.34. The Morgan fingerprint density at radius 2 is 2.25 bits per heavy atom. The van der Waals surface area contributed by atoms with Crippen LogP contribution in [0.1, 0.15) is 5.56 Å². The minimum atomic E-state index is -0.807. The molecule has 20 heavy (non-hydrogen) atoms. The van der Waals surface area contributed by atoms with Gasteiger partial charge in [-0.1, -0.05) is 15.9 Å². The first-order valence-electron chi connectivity index (χ1n) is 5.56. The van der Waals surface area contributed by atoms with Crippen LogP contribution in [-0.4, -0.2) is 31.3 Å². The van der Waals surface area contributed by atoms with Gasteiger partial charge in [-0.05, 0) is 23.8 Å². The predicted molar refractivity (Wildman–Crippen MR) is 76.1 cm³/mol. The molecule has 1 aromatic carbocycles. The quantitative estimate of drug-likeness (QED) is 0.598. The number of nitriles is 1. The molecule has 7 heteroatoms. The number of benzene rings is 1.